The van der Waals surface area contributed by atoms with Crippen LogP contribution < -0.4 is 5.32 Å². The molecule has 3 nitrogen and oxygen atoms in total. The van der Waals surface area contributed by atoms with E-state index in [-0.39, 0.29) is 5.91 Å². The van der Waals surface area contributed by atoms with E-state index < -0.39 is 0 Å². The Kier molecular flexibility index (Phi) is 2.87. The Morgan fingerprint density at radius 3 is 2.67 bits per heavy atom. The van der Waals surface area contributed by atoms with Crippen LogP contribution in [0.25, 0.3) is 6.08 Å². The van der Waals surface area contributed by atoms with Crippen molar-refractivity contribution in [2.75, 3.05) is 6.26 Å². The lowest BCUT2D eigenvalue weighted by molar-refractivity contribution is -0.115. The van der Waals surface area contributed by atoms with Crippen molar-refractivity contribution >= 4 is 28.9 Å². The third kappa shape index (κ3) is 2.27. The number of benzene rings is 1. The van der Waals surface area contributed by atoms with Crippen molar-refractivity contribution in [1.82, 2.24) is 5.32 Å². The van der Waals surface area contributed by atoms with E-state index in [2.05, 4.69) is 10.3 Å². The largest absolute Gasteiger partial charge is 0.300 e. The summed E-state index contributed by atoms with van der Waals surface area (Å²) < 4.78 is 0. The molecule has 0 aromatic heterocycles. The summed E-state index contributed by atoms with van der Waals surface area (Å²) in [5.74, 6) is -0.136. The van der Waals surface area contributed by atoms with E-state index in [0.29, 0.717) is 10.9 Å². The lowest BCUT2D eigenvalue weighted by Gasteiger charge is -1.93. The molecule has 1 aromatic rings. The van der Waals surface area contributed by atoms with Crippen molar-refractivity contribution in [3.8, 4) is 0 Å². The molecule has 15 heavy (non-hydrogen) atoms. The summed E-state index contributed by atoms with van der Waals surface area (Å²) in [5.41, 5.74) is 1.44. The second-order valence-corrected chi connectivity index (χ2v) is 3.81. The molecule has 4 heteroatoms. The molecule has 0 fully saturated rings. The third-order valence-electron chi connectivity index (χ3n) is 1.97. The van der Waals surface area contributed by atoms with Crippen molar-refractivity contribution in [2.24, 2.45) is 4.99 Å². The van der Waals surface area contributed by atoms with Crippen LogP contribution in [-0.4, -0.2) is 17.3 Å². The predicted octanol–water partition coefficient (Wildman–Crippen LogP) is 1.88. The van der Waals surface area contributed by atoms with Crippen LogP contribution in [0.2, 0.25) is 0 Å². The number of hydrogen-bond acceptors (Lipinski definition) is 3. The number of nitrogens with zero attached hydrogens (tertiary/aromatic N) is 1. The van der Waals surface area contributed by atoms with Gasteiger partial charge in [-0.05, 0) is 17.9 Å². The minimum Gasteiger partial charge on any atom is -0.300 e. The first kappa shape index (κ1) is 9.98. The first-order chi connectivity index (χ1) is 7.29. The zero-order valence-electron chi connectivity index (χ0n) is 8.23. The van der Waals surface area contributed by atoms with E-state index in [1.807, 2.05) is 36.6 Å². The van der Waals surface area contributed by atoms with Crippen LogP contribution in [0.3, 0.4) is 0 Å². The van der Waals surface area contributed by atoms with E-state index in [4.69, 9.17) is 0 Å². The standard InChI is InChI=1S/C11H10N2OS/c1-15-11-12-9(10(14)13-11)7-8-5-3-2-4-6-8/h2-7H,1H3,(H,12,13,14)/b9-7-. The van der Waals surface area contributed by atoms with Gasteiger partial charge in [0.25, 0.3) is 5.91 Å². The molecule has 1 aromatic carbocycles. The maximum absolute atomic E-state index is 11.4. The molecular formula is C11H10N2OS. The SMILES string of the molecule is CSC1=N/C(=C\c2ccccc2)C(=O)N1. The number of aliphatic imine (C=N–C) groups is 1. The fraction of sp³-hybridized carbons (Fsp3) is 0.0909. The monoisotopic (exact) mass is 218 g/mol. The number of carbonyl (C=O) groups is 1. The van der Waals surface area contributed by atoms with Gasteiger partial charge < -0.3 is 0 Å². The maximum Gasteiger partial charge on any atom is 0.275 e. The van der Waals surface area contributed by atoms with Gasteiger partial charge in [-0.3, -0.25) is 10.1 Å². The topological polar surface area (TPSA) is 41.5 Å². The van der Waals surface area contributed by atoms with Gasteiger partial charge in [-0.25, -0.2) is 4.99 Å². The minimum atomic E-state index is -0.136. The van der Waals surface area contributed by atoms with Crippen LogP contribution in [0, 0.1) is 0 Å². The molecular weight excluding hydrogens is 208 g/mol. The fourth-order valence-corrected chi connectivity index (χ4v) is 1.64. The molecule has 2 rings (SSSR count). The number of thioether (sulfide) groups is 1. The lowest BCUT2D eigenvalue weighted by Crippen LogP contribution is -2.21. The van der Waals surface area contributed by atoms with Crippen molar-refractivity contribution in [1.29, 1.82) is 0 Å². The number of rotatable bonds is 1. The highest BCUT2D eigenvalue weighted by Gasteiger charge is 2.18. The zero-order valence-corrected chi connectivity index (χ0v) is 9.04. The highest BCUT2D eigenvalue weighted by atomic mass is 32.2. The second-order valence-electron chi connectivity index (χ2n) is 3.02. The van der Waals surface area contributed by atoms with Crippen LogP contribution in [0.1, 0.15) is 5.56 Å². The summed E-state index contributed by atoms with van der Waals surface area (Å²) >= 11 is 1.43. The molecule has 1 aliphatic rings. The minimum absolute atomic E-state index is 0.136. The first-order valence-corrected chi connectivity index (χ1v) is 5.73. The molecule has 1 heterocycles. The molecule has 0 saturated carbocycles. The molecule has 76 valence electrons. The molecule has 0 unspecified atom stereocenters. The van der Waals surface area contributed by atoms with Crippen LogP contribution in [-0.2, 0) is 4.79 Å². The Balaban J connectivity index is 2.28. The summed E-state index contributed by atoms with van der Waals surface area (Å²) in [6.07, 6.45) is 3.66. The number of hydrogen-bond donors (Lipinski definition) is 1. The molecule has 1 amide bonds. The van der Waals surface area contributed by atoms with Crippen molar-refractivity contribution in [3.63, 3.8) is 0 Å². The molecule has 0 bridgehead atoms. The van der Waals surface area contributed by atoms with Gasteiger partial charge in [0.1, 0.15) is 5.70 Å². The average molecular weight is 218 g/mol. The Hall–Kier alpha value is -1.55. The molecule has 0 saturated heterocycles. The Morgan fingerprint density at radius 2 is 2.07 bits per heavy atom. The van der Waals surface area contributed by atoms with Crippen molar-refractivity contribution in [3.05, 3.63) is 41.6 Å². The second kappa shape index (κ2) is 4.31. The third-order valence-corrected chi connectivity index (χ3v) is 2.55. The highest BCUT2D eigenvalue weighted by molar-refractivity contribution is 8.13. The highest BCUT2D eigenvalue weighted by Crippen LogP contribution is 2.14. The van der Waals surface area contributed by atoms with E-state index in [9.17, 15) is 4.79 Å². The van der Waals surface area contributed by atoms with Gasteiger partial charge in [0.05, 0.1) is 0 Å². The van der Waals surface area contributed by atoms with E-state index in [1.54, 1.807) is 6.08 Å². The predicted molar refractivity (Wildman–Crippen MR) is 63.5 cm³/mol. The smallest absolute Gasteiger partial charge is 0.275 e. The summed E-state index contributed by atoms with van der Waals surface area (Å²) in [7, 11) is 0. The molecule has 0 radical (unpaired) electrons. The summed E-state index contributed by atoms with van der Waals surface area (Å²) in [6, 6.07) is 9.67. The van der Waals surface area contributed by atoms with Gasteiger partial charge in [0, 0.05) is 0 Å². The van der Waals surface area contributed by atoms with Gasteiger partial charge in [0.2, 0.25) is 0 Å². The Bertz CT molecular complexity index is 437. The number of amidine groups is 1. The van der Waals surface area contributed by atoms with E-state index >= 15 is 0 Å². The first-order valence-electron chi connectivity index (χ1n) is 4.50. The van der Waals surface area contributed by atoms with Crippen molar-refractivity contribution in [2.45, 2.75) is 0 Å². The fourth-order valence-electron chi connectivity index (χ4n) is 1.25. The van der Waals surface area contributed by atoms with Crippen LogP contribution in [0.15, 0.2) is 41.0 Å². The molecule has 1 aliphatic heterocycles. The lowest BCUT2D eigenvalue weighted by atomic mass is 10.2. The summed E-state index contributed by atoms with van der Waals surface area (Å²) in [5, 5.41) is 3.33. The van der Waals surface area contributed by atoms with Crippen LogP contribution in [0.5, 0.6) is 0 Å². The van der Waals surface area contributed by atoms with Crippen LogP contribution in [0.4, 0.5) is 0 Å². The van der Waals surface area contributed by atoms with Crippen LogP contribution >= 0.6 is 11.8 Å². The maximum atomic E-state index is 11.4. The summed E-state index contributed by atoms with van der Waals surface area (Å²) in [4.78, 5) is 15.6. The van der Waals surface area contributed by atoms with Gasteiger partial charge in [-0.1, -0.05) is 42.1 Å². The van der Waals surface area contributed by atoms with Gasteiger partial charge in [0.15, 0.2) is 5.17 Å². The molecule has 0 aliphatic carbocycles. The zero-order chi connectivity index (χ0) is 10.7. The summed E-state index contributed by atoms with van der Waals surface area (Å²) in [6.45, 7) is 0. The molecule has 0 spiro atoms. The van der Waals surface area contributed by atoms with Gasteiger partial charge in [-0.2, -0.15) is 0 Å². The Morgan fingerprint density at radius 1 is 1.33 bits per heavy atom. The van der Waals surface area contributed by atoms with E-state index in [0.717, 1.165) is 5.56 Å². The van der Waals surface area contributed by atoms with Gasteiger partial charge in [-0.15, -0.1) is 0 Å². The molecule has 1 N–H and O–H groups in total. The molecule has 0 atom stereocenters. The number of carbonyl (C=O) groups excluding carboxylic acids is 1. The van der Waals surface area contributed by atoms with E-state index in [1.165, 1.54) is 11.8 Å². The normalized spacial score (nSPS) is 17.8. The Labute approximate surface area is 92.3 Å². The van der Waals surface area contributed by atoms with Crippen molar-refractivity contribution < 1.29 is 4.79 Å². The van der Waals surface area contributed by atoms with Gasteiger partial charge >= 0.3 is 0 Å². The number of nitrogens with one attached hydrogen (secondary N) is 1. The average Bonchev–Trinajstić information content (AvgIpc) is 2.61. The number of amides is 1. The quantitative estimate of drug-likeness (QED) is 0.731.